The lowest BCUT2D eigenvalue weighted by molar-refractivity contribution is 0.505. The van der Waals surface area contributed by atoms with Crippen LogP contribution in [0.4, 0.5) is 4.39 Å². The molecule has 21 heavy (non-hydrogen) atoms. The predicted octanol–water partition coefficient (Wildman–Crippen LogP) is 4.91. The van der Waals surface area contributed by atoms with Gasteiger partial charge in [-0.2, -0.15) is 0 Å². The Labute approximate surface area is 134 Å². The third-order valence-electron chi connectivity index (χ3n) is 3.54. The molecule has 2 rings (SSSR count). The number of hydrogen-bond acceptors (Lipinski definition) is 1. The molecule has 0 aromatic heterocycles. The summed E-state index contributed by atoms with van der Waals surface area (Å²) in [4.78, 5) is 0. The molecule has 2 aromatic carbocycles. The summed E-state index contributed by atoms with van der Waals surface area (Å²) in [5, 5.41) is 3.43. The average Bonchev–Trinajstić information content (AvgIpc) is 2.46. The number of hydrogen-bond donors (Lipinski definition) is 1. The van der Waals surface area contributed by atoms with Crippen LogP contribution in [0.5, 0.6) is 0 Å². The highest BCUT2D eigenvalue weighted by atomic mass is 79.9. The van der Waals surface area contributed by atoms with Gasteiger partial charge in [0.15, 0.2) is 0 Å². The molecule has 0 aliphatic rings. The summed E-state index contributed by atoms with van der Waals surface area (Å²) < 4.78 is 15.2. The Bertz CT molecular complexity index is 583. The Morgan fingerprint density at radius 3 is 2.38 bits per heavy atom. The molecular weight excluding hydrogens is 329 g/mol. The first-order valence-electron chi connectivity index (χ1n) is 7.29. The van der Waals surface area contributed by atoms with Crippen molar-refractivity contribution in [1.82, 2.24) is 5.32 Å². The Hall–Kier alpha value is -1.19. The average molecular weight is 350 g/mol. The largest absolute Gasteiger partial charge is 0.314 e. The van der Waals surface area contributed by atoms with Crippen molar-refractivity contribution in [3.8, 4) is 0 Å². The van der Waals surface area contributed by atoms with Crippen LogP contribution in [-0.2, 0) is 6.42 Å². The van der Waals surface area contributed by atoms with Gasteiger partial charge in [-0.15, -0.1) is 0 Å². The maximum atomic E-state index is 14.1. The van der Waals surface area contributed by atoms with Gasteiger partial charge in [0.05, 0.1) is 0 Å². The van der Waals surface area contributed by atoms with Gasteiger partial charge >= 0.3 is 0 Å². The second-order valence-corrected chi connectivity index (χ2v) is 6.43. The van der Waals surface area contributed by atoms with Gasteiger partial charge in [-0.25, -0.2) is 4.39 Å². The normalized spacial score (nSPS) is 12.6. The van der Waals surface area contributed by atoms with Crippen LogP contribution < -0.4 is 5.32 Å². The molecule has 0 saturated heterocycles. The summed E-state index contributed by atoms with van der Waals surface area (Å²) in [5.41, 5.74) is 1.98. The Kier molecular flexibility index (Phi) is 5.95. The molecule has 0 radical (unpaired) electrons. The zero-order valence-corrected chi connectivity index (χ0v) is 14.0. The van der Waals surface area contributed by atoms with Crippen molar-refractivity contribution >= 4 is 15.9 Å². The molecule has 1 nitrogen and oxygen atoms in total. The fraction of sp³-hybridized carbons (Fsp3) is 0.333. The minimum atomic E-state index is -0.125. The number of nitrogens with one attached hydrogen (secondary N) is 1. The maximum Gasteiger partial charge on any atom is 0.126 e. The van der Waals surface area contributed by atoms with Crippen LogP contribution in [0, 0.1) is 5.82 Å². The van der Waals surface area contributed by atoms with Crippen molar-refractivity contribution in [3.05, 3.63) is 69.9 Å². The molecule has 3 heteroatoms. The van der Waals surface area contributed by atoms with E-state index in [1.54, 1.807) is 6.07 Å². The smallest absolute Gasteiger partial charge is 0.126 e. The van der Waals surface area contributed by atoms with Crippen molar-refractivity contribution in [3.63, 3.8) is 0 Å². The molecule has 112 valence electrons. The SMILES string of the molecule is CC(C)NCC(Cc1ccccc1Br)c1ccccc1F. The molecule has 0 aliphatic heterocycles. The van der Waals surface area contributed by atoms with Gasteiger partial charge in [-0.1, -0.05) is 66.2 Å². The van der Waals surface area contributed by atoms with Crippen LogP contribution in [-0.4, -0.2) is 12.6 Å². The fourth-order valence-corrected chi connectivity index (χ4v) is 2.85. The minimum absolute atomic E-state index is 0.118. The van der Waals surface area contributed by atoms with Crippen LogP contribution in [0.2, 0.25) is 0 Å². The van der Waals surface area contributed by atoms with E-state index in [2.05, 4.69) is 41.2 Å². The van der Waals surface area contributed by atoms with E-state index >= 15 is 0 Å². The lowest BCUT2D eigenvalue weighted by atomic mass is 9.91. The van der Waals surface area contributed by atoms with Crippen LogP contribution >= 0.6 is 15.9 Å². The molecule has 0 saturated carbocycles. The second-order valence-electron chi connectivity index (χ2n) is 5.58. The zero-order valence-electron chi connectivity index (χ0n) is 12.4. The quantitative estimate of drug-likeness (QED) is 0.780. The van der Waals surface area contributed by atoms with E-state index in [0.717, 1.165) is 23.0 Å². The van der Waals surface area contributed by atoms with E-state index < -0.39 is 0 Å². The Balaban J connectivity index is 2.24. The number of halogens is 2. The van der Waals surface area contributed by atoms with E-state index in [9.17, 15) is 4.39 Å². The molecule has 1 N–H and O–H groups in total. The van der Waals surface area contributed by atoms with Crippen LogP contribution in [0.3, 0.4) is 0 Å². The summed E-state index contributed by atoms with van der Waals surface area (Å²) in [6.07, 6.45) is 0.808. The summed E-state index contributed by atoms with van der Waals surface area (Å²) in [5.74, 6) is -0.00703. The lowest BCUT2D eigenvalue weighted by Crippen LogP contribution is -2.29. The summed E-state index contributed by atoms with van der Waals surface area (Å²) >= 11 is 3.58. The first kappa shape index (κ1) is 16.2. The summed E-state index contributed by atoms with van der Waals surface area (Å²) in [7, 11) is 0. The standard InChI is InChI=1S/C18H21BrFN/c1-13(2)21-12-15(16-8-4-6-10-18(16)20)11-14-7-3-5-9-17(14)19/h3-10,13,15,21H,11-12H2,1-2H3. The molecule has 0 spiro atoms. The van der Waals surface area contributed by atoms with Crippen molar-refractivity contribution in [1.29, 1.82) is 0 Å². The van der Waals surface area contributed by atoms with Crippen molar-refractivity contribution in [2.75, 3.05) is 6.54 Å². The number of benzene rings is 2. The lowest BCUT2D eigenvalue weighted by Gasteiger charge is -2.21. The van der Waals surface area contributed by atoms with Gasteiger partial charge in [-0.05, 0) is 29.7 Å². The molecule has 1 atom stereocenters. The third kappa shape index (κ3) is 4.65. The van der Waals surface area contributed by atoms with Crippen LogP contribution in [0.25, 0.3) is 0 Å². The monoisotopic (exact) mass is 349 g/mol. The molecule has 0 bridgehead atoms. The molecule has 0 heterocycles. The van der Waals surface area contributed by atoms with Crippen molar-refractivity contribution < 1.29 is 4.39 Å². The first-order chi connectivity index (χ1) is 10.1. The van der Waals surface area contributed by atoms with Crippen molar-refractivity contribution in [2.24, 2.45) is 0 Å². The van der Waals surface area contributed by atoms with Gasteiger partial charge < -0.3 is 5.32 Å². The van der Waals surface area contributed by atoms with E-state index in [1.807, 2.05) is 30.3 Å². The zero-order chi connectivity index (χ0) is 15.2. The van der Waals surface area contributed by atoms with Gasteiger partial charge in [0.1, 0.15) is 5.82 Å². The third-order valence-corrected chi connectivity index (χ3v) is 4.32. The van der Waals surface area contributed by atoms with Crippen molar-refractivity contribution in [2.45, 2.75) is 32.2 Å². The summed E-state index contributed by atoms with van der Waals surface area (Å²) in [6.45, 7) is 4.98. The van der Waals surface area contributed by atoms with Gasteiger partial charge in [0.25, 0.3) is 0 Å². The van der Waals surface area contributed by atoms with E-state index in [4.69, 9.17) is 0 Å². The molecule has 1 unspecified atom stereocenters. The highest BCUT2D eigenvalue weighted by Crippen LogP contribution is 2.26. The highest BCUT2D eigenvalue weighted by Gasteiger charge is 2.17. The first-order valence-corrected chi connectivity index (χ1v) is 8.08. The fourth-order valence-electron chi connectivity index (χ4n) is 2.41. The molecule has 0 fully saturated rings. The van der Waals surface area contributed by atoms with E-state index in [-0.39, 0.29) is 11.7 Å². The predicted molar refractivity (Wildman–Crippen MR) is 90.1 cm³/mol. The number of rotatable bonds is 6. The minimum Gasteiger partial charge on any atom is -0.314 e. The molecule has 2 aromatic rings. The maximum absolute atomic E-state index is 14.1. The van der Waals surface area contributed by atoms with Gasteiger partial charge in [-0.3, -0.25) is 0 Å². The van der Waals surface area contributed by atoms with Crippen LogP contribution in [0.1, 0.15) is 30.9 Å². The summed E-state index contributed by atoms with van der Waals surface area (Å²) in [6, 6.07) is 15.6. The molecule has 0 amide bonds. The van der Waals surface area contributed by atoms with E-state index in [1.165, 1.54) is 11.6 Å². The van der Waals surface area contributed by atoms with Gasteiger partial charge in [0, 0.05) is 23.0 Å². The highest BCUT2D eigenvalue weighted by molar-refractivity contribution is 9.10. The molecule has 0 aliphatic carbocycles. The Morgan fingerprint density at radius 2 is 1.71 bits per heavy atom. The van der Waals surface area contributed by atoms with Gasteiger partial charge in [0.2, 0.25) is 0 Å². The Morgan fingerprint density at radius 1 is 1.05 bits per heavy atom. The van der Waals surface area contributed by atoms with E-state index in [0.29, 0.717) is 6.04 Å². The topological polar surface area (TPSA) is 12.0 Å². The van der Waals surface area contributed by atoms with Crippen LogP contribution in [0.15, 0.2) is 53.0 Å². The molecular formula is C18H21BrFN. The second kappa shape index (κ2) is 7.71.